The van der Waals surface area contributed by atoms with Gasteiger partial charge in [0.25, 0.3) is 11.8 Å². The van der Waals surface area contributed by atoms with E-state index in [9.17, 15) is 9.59 Å². The van der Waals surface area contributed by atoms with Crippen LogP contribution in [0.2, 0.25) is 0 Å². The van der Waals surface area contributed by atoms with E-state index in [0.717, 1.165) is 38.8 Å². The van der Waals surface area contributed by atoms with E-state index in [1.54, 1.807) is 30.7 Å². The summed E-state index contributed by atoms with van der Waals surface area (Å²) in [7, 11) is 0. The number of hydrogen-bond donors (Lipinski definition) is 2. The molecule has 146 valence electrons. The van der Waals surface area contributed by atoms with Gasteiger partial charge in [0.1, 0.15) is 0 Å². The lowest BCUT2D eigenvalue weighted by Crippen LogP contribution is -2.30. The van der Waals surface area contributed by atoms with Gasteiger partial charge in [-0.15, -0.1) is 0 Å². The fourth-order valence-corrected chi connectivity index (χ4v) is 3.26. The number of nitrogens with one attached hydrogen (secondary N) is 2. The fourth-order valence-electron chi connectivity index (χ4n) is 3.26. The summed E-state index contributed by atoms with van der Waals surface area (Å²) in [6, 6.07) is 3.76. The van der Waals surface area contributed by atoms with E-state index in [1.165, 1.54) is 0 Å². The summed E-state index contributed by atoms with van der Waals surface area (Å²) in [5, 5.41) is 6.16. The van der Waals surface area contributed by atoms with Gasteiger partial charge in [0.15, 0.2) is 0 Å². The first kappa shape index (κ1) is 18.3. The fraction of sp³-hybridized carbons (Fsp3) is 0.450. The van der Waals surface area contributed by atoms with Crippen molar-refractivity contribution in [3.05, 3.63) is 47.5 Å². The lowest BCUT2D eigenvalue weighted by Gasteiger charge is -2.17. The van der Waals surface area contributed by atoms with E-state index in [-0.39, 0.29) is 11.8 Å². The molecule has 1 aliphatic heterocycles. The van der Waals surface area contributed by atoms with Crippen LogP contribution in [0.4, 0.5) is 5.95 Å². The molecule has 8 nitrogen and oxygen atoms in total. The Bertz CT molecular complexity index is 847. The standard InChI is InChI=1S/C20H24N6O2/c27-18(14-5-8-21-9-6-14)22-10-7-17-16(19(28)26-11-1-2-12-26)13-23-20(25-17)24-15-3-4-15/h5-6,8-9,13,15H,1-4,7,10-12H2,(H,22,27)(H,23,24,25). The number of carbonyl (C=O) groups excluding carboxylic acids is 2. The molecule has 1 saturated carbocycles. The van der Waals surface area contributed by atoms with Crippen LogP contribution in [0.1, 0.15) is 52.1 Å². The van der Waals surface area contributed by atoms with Crippen molar-refractivity contribution >= 4 is 17.8 Å². The van der Waals surface area contributed by atoms with Gasteiger partial charge in [-0.05, 0) is 37.8 Å². The Morgan fingerprint density at radius 3 is 2.61 bits per heavy atom. The first-order chi connectivity index (χ1) is 13.7. The molecule has 0 unspecified atom stereocenters. The lowest BCUT2D eigenvalue weighted by atomic mass is 10.1. The molecule has 1 saturated heterocycles. The second-order valence-corrected chi connectivity index (χ2v) is 7.21. The van der Waals surface area contributed by atoms with Gasteiger partial charge in [0.2, 0.25) is 5.95 Å². The zero-order valence-electron chi connectivity index (χ0n) is 15.7. The van der Waals surface area contributed by atoms with Crippen LogP contribution >= 0.6 is 0 Å². The molecule has 0 bridgehead atoms. The third kappa shape index (κ3) is 4.44. The van der Waals surface area contributed by atoms with Crippen LogP contribution in [0.15, 0.2) is 30.7 Å². The number of rotatable bonds is 7. The van der Waals surface area contributed by atoms with Crippen molar-refractivity contribution < 1.29 is 9.59 Å². The van der Waals surface area contributed by atoms with Crippen LogP contribution in [0.5, 0.6) is 0 Å². The Morgan fingerprint density at radius 2 is 1.89 bits per heavy atom. The molecule has 0 radical (unpaired) electrons. The van der Waals surface area contributed by atoms with Crippen LogP contribution in [0.3, 0.4) is 0 Å². The maximum atomic E-state index is 12.9. The molecule has 4 rings (SSSR count). The Kier molecular flexibility index (Phi) is 5.45. The number of amides is 2. The predicted molar refractivity (Wildman–Crippen MR) is 104 cm³/mol. The topological polar surface area (TPSA) is 100 Å². The summed E-state index contributed by atoms with van der Waals surface area (Å²) in [4.78, 5) is 39.8. The minimum absolute atomic E-state index is 0.0223. The molecule has 0 aromatic carbocycles. The average Bonchev–Trinajstić information content (AvgIpc) is 3.36. The molecule has 2 aliphatic rings. The van der Waals surface area contributed by atoms with E-state index in [0.29, 0.717) is 41.8 Å². The first-order valence-corrected chi connectivity index (χ1v) is 9.80. The van der Waals surface area contributed by atoms with Crippen molar-refractivity contribution in [1.29, 1.82) is 0 Å². The third-order valence-corrected chi connectivity index (χ3v) is 4.99. The number of anilines is 1. The molecule has 2 N–H and O–H groups in total. The van der Waals surface area contributed by atoms with Gasteiger partial charge in [0, 0.05) is 56.3 Å². The molecule has 1 aliphatic carbocycles. The summed E-state index contributed by atoms with van der Waals surface area (Å²) in [6.45, 7) is 1.94. The van der Waals surface area contributed by atoms with E-state index in [2.05, 4.69) is 25.6 Å². The third-order valence-electron chi connectivity index (χ3n) is 4.99. The Hall–Kier alpha value is -3.03. The second-order valence-electron chi connectivity index (χ2n) is 7.21. The number of aromatic nitrogens is 3. The molecule has 8 heteroatoms. The summed E-state index contributed by atoms with van der Waals surface area (Å²) in [5.74, 6) is 0.363. The van der Waals surface area contributed by atoms with Gasteiger partial charge >= 0.3 is 0 Å². The molecular weight excluding hydrogens is 356 g/mol. The van der Waals surface area contributed by atoms with Crippen molar-refractivity contribution in [1.82, 2.24) is 25.2 Å². The van der Waals surface area contributed by atoms with E-state index < -0.39 is 0 Å². The van der Waals surface area contributed by atoms with Gasteiger partial charge in [-0.2, -0.15) is 0 Å². The number of carbonyl (C=O) groups is 2. The number of hydrogen-bond acceptors (Lipinski definition) is 6. The van der Waals surface area contributed by atoms with Crippen LogP contribution in [0, 0.1) is 0 Å². The maximum Gasteiger partial charge on any atom is 0.257 e. The van der Waals surface area contributed by atoms with E-state index in [4.69, 9.17) is 0 Å². The highest BCUT2D eigenvalue weighted by Gasteiger charge is 2.25. The molecular formula is C20H24N6O2. The predicted octanol–water partition coefficient (Wildman–Crippen LogP) is 1.65. The summed E-state index contributed by atoms with van der Waals surface area (Å²) < 4.78 is 0. The molecule has 0 spiro atoms. The van der Waals surface area contributed by atoms with Gasteiger partial charge < -0.3 is 15.5 Å². The van der Waals surface area contributed by atoms with Crippen molar-refractivity contribution in [2.45, 2.75) is 38.1 Å². The summed E-state index contributed by atoms with van der Waals surface area (Å²) >= 11 is 0. The molecule has 2 fully saturated rings. The highest BCUT2D eigenvalue weighted by atomic mass is 16.2. The highest BCUT2D eigenvalue weighted by molar-refractivity contribution is 5.95. The van der Waals surface area contributed by atoms with Crippen LogP contribution in [-0.4, -0.2) is 57.3 Å². The van der Waals surface area contributed by atoms with Gasteiger partial charge in [0.05, 0.1) is 11.3 Å². The Balaban J connectivity index is 1.46. The number of nitrogens with zero attached hydrogens (tertiary/aromatic N) is 4. The van der Waals surface area contributed by atoms with Crippen molar-refractivity contribution in [3.8, 4) is 0 Å². The quantitative estimate of drug-likeness (QED) is 0.758. The molecule has 3 heterocycles. The van der Waals surface area contributed by atoms with E-state index in [1.807, 2.05) is 4.90 Å². The van der Waals surface area contributed by atoms with Crippen molar-refractivity contribution in [3.63, 3.8) is 0 Å². The van der Waals surface area contributed by atoms with Crippen LogP contribution in [0.25, 0.3) is 0 Å². The van der Waals surface area contributed by atoms with Crippen LogP contribution in [-0.2, 0) is 6.42 Å². The maximum absolute atomic E-state index is 12.9. The monoisotopic (exact) mass is 380 g/mol. The SMILES string of the molecule is O=C(NCCc1nc(NC2CC2)ncc1C(=O)N1CCCC1)c1ccncc1. The average molecular weight is 380 g/mol. The van der Waals surface area contributed by atoms with Gasteiger partial charge in [-0.1, -0.05) is 0 Å². The van der Waals surface area contributed by atoms with Crippen molar-refractivity contribution in [2.24, 2.45) is 0 Å². The summed E-state index contributed by atoms with van der Waals surface area (Å²) in [6.07, 6.45) is 9.57. The Morgan fingerprint density at radius 1 is 1.14 bits per heavy atom. The second kappa shape index (κ2) is 8.33. The minimum atomic E-state index is -0.166. The zero-order valence-corrected chi connectivity index (χ0v) is 15.7. The van der Waals surface area contributed by atoms with Gasteiger partial charge in [-0.25, -0.2) is 9.97 Å². The van der Waals surface area contributed by atoms with Gasteiger partial charge in [-0.3, -0.25) is 14.6 Å². The highest BCUT2D eigenvalue weighted by Crippen LogP contribution is 2.23. The smallest absolute Gasteiger partial charge is 0.257 e. The molecule has 2 aromatic rings. The zero-order chi connectivity index (χ0) is 19.3. The normalized spacial score (nSPS) is 16.1. The van der Waals surface area contributed by atoms with E-state index >= 15 is 0 Å². The minimum Gasteiger partial charge on any atom is -0.352 e. The van der Waals surface area contributed by atoms with Crippen molar-refractivity contribution in [2.75, 3.05) is 25.0 Å². The number of pyridine rings is 1. The molecule has 2 amide bonds. The Labute approximate surface area is 163 Å². The number of likely N-dealkylation sites (tertiary alicyclic amines) is 1. The largest absolute Gasteiger partial charge is 0.352 e. The molecule has 0 atom stereocenters. The summed E-state index contributed by atoms with van der Waals surface area (Å²) in [5.41, 5.74) is 1.76. The lowest BCUT2D eigenvalue weighted by molar-refractivity contribution is 0.0790. The first-order valence-electron chi connectivity index (χ1n) is 9.80. The van der Waals surface area contributed by atoms with Crippen LogP contribution < -0.4 is 10.6 Å². The molecule has 28 heavy (non-hydrogen) atoms. The molecule has 2 aromatic heterocycles.